The van der Waals surface area contributed by atoms with Crippen molar-refractivity contribution in [2.45, 2.75) is 32.2 Å². The minimum absolute atomic E-state index is 0.0723. The second-order valence-corrected chi connectivity index (χ2v) is 5.50. The minimum atomic E-state index is -0.483. The van der Waals surface area contributed by atoms with E-state index in [4.69, 9.17) is 9.26 Å². The fourth-order valence-corrected chi connectivity index (χ4v) is 2.72. The molecular formula is C16H18FN3O3. The molecule has 0 saturated carbocycles. The number of aromatic nitrogens is 2. The van der Waals surface area contributed by atoms with Gasteiger partial charge in [0.05, 0.1) is 0 Å². The van der Waals surface area contributed by atoms with Crippen molar-refractivity contribution in [3.63, 3.8) is 0 Å². The van der Waals surface area contributed by atoms with Crippen LogP contribution in [0.2, 0.25) is 0 Å². The van der Waals surface area contributed by atoms with Crippen LogP contribution in [0, 0.1) is 12.7 Å². The Kier molecular flexibility index (Phi) is 4.55. The summed E-state index contributed by atoms with van der Waals surface area (Å²) in [5, 5.41) is 3.79. The van der Waals surface area contributed by atoms with Crippen LogP contribution < -0.4 is 4.74 Å². The molecule has 0 N–H and O–H groups in total. The summed E-state index contributed by atoms with van der Waals surface area (Å²) >= 11 is 0. The zero-order chi connectivity index (χ0) is 16.2. The Morgan fingerprint density at radius 2 is 2.26 bits per heavy atom. The van der Waals surface area contributed by atoms with Gasteiger partial charge in [-0.05, 0) is 38.3 Å². The van der Waals surface area contributed by atoms with E-state index < -0.39 is 5.82 Å². The molecule has 0 spiro atoms. The number of piperidine rings is 1. The molecular weight excluding hydrogens is 301 g/mol. The Bertz CT molecular complexity index is 689. The summed E-state index contributed by atoms with van der Waals surface area (Å²) in [4.78, 5) is 18.4. The highest BCUT2D eigenvalue weighted by Crippen LogP contribution is 2.30. The highest BCUT2D eigenvalue weighted by molar-refractivity contribution is 5.78. The Hall–Kier alpha value is -2.44. The summed E-state index contributed by atoms with van der Waals surface area (Å²) in [6.07, 6.45) is 2.67. The highest BCUT2D eigenvalue weighted by Gasteiger charge is 2.32. The number of carbonyl (C=O) groups excluding carboxylic acids is 1. The van der Waals surface area contributed by atoms with E-state index >= 15 is 0 Å². The Labute approximate surface area is 133 Å². The van der Waals surface area contributed by atoms with Gasteiger partial charge in [0.2, 0.25) is 5.89 Å². The first kappa shape index (κ1) is 15.5. The summed E-state index contributed by atoms with van der Waals surface area (Å²) in [6, 6.07) is 5.79. The van der Waals surface area contributed by atoms with Gasteiger partial charge in [-0.2, -0.15) is 4.98 Å². The summed E-state index contributed by atoms with van der Waals surface area (Å²) in [5.41, 5.74) is 0. The first-order chi connectivity index (χ1) is 11.1. The lowest BCUT2D eigenvalue weighted by molar-refractivity contribution is -0.138. The Morgan fingerprint density at radius 3 is 3.00 bits per heavy atom. The highest BCUT2D eigenvalue weighted by atomic mass is 19.1. The average Bonchev–Trinajstić information content (AvgIpc) is 3.00. The summed E-state index contributed by atoms with van der Waals surface area (Å²) in [6.45, 7) is 2.12. The third-order valence-corrected chi connectivity index (χ3v) is 3.84. The number of carbonyl (C=O) groups is 1. The molecule has 6 nitrogen and oxygen atoms in total. The molecule has 1 saturated heterocycles. The molecule has 2 aromatic rings. The van der Waals surface area contributed by atoms with Crippen LogP contribution in [0.5, 0.6) is 5.75 Å². The molecule has 122 valence electrons. The van der Waals surface area contributed by atoms with Crippen LogP contribution in [-0.2, 0) is 4.79 Å². The van der Waals surface area contributed by atoms with Gasteiger partial charge in [0.1, 0.15) is 6.04 Å². The smallest absolute Gasteiger partial charge is 0.261 e. The Balaban J connectivity index is 1.68. The monoisotopic (exact) mass is 319 g/mol. The summed E-state index contributed by atoms with van der Waals surface area (Å²) in [7, 11) is 0. The van der Waals surface area contributed by atoms with Gasteiger partial charge >= 0.3 is 0 Å². The number of hydrogen-bond donors (Lipinski definition) is 0. The van der Waals surface area contributed by atoms with Gasteiger partial charge in [-0.1, -0.05) is 17.3 Å². The number of ether oxygens (including phenoxy) is 1. The molecule has 0 aliphatic carbocycles. The maximum Gasteiger partial charge on any atom is 0.261 e. The number of rotatable bonds is 4. The normalized spacial score (nSPS) is 18.0. The fraction of sp³-hybridized carbons (Fsp3) is 0.438. The lowest BCUT2D eigenvalue weighted by atomic mass is 10.0. The number of hydrogen-bond acceptors (Lipinski definition) is 5. The molecule has 2 heterocycles. The van der Waals surface area contributed by atoms with Crippen LogP contribution in [0.4, 0.5) is 4.39 Å². The molecule has 1 atom stereocenters. The van der Waals surface area contributed by atoms with Crippen LogP contribution in [0.1, 0.15) is 37.0 Å². The summed E-state index contributed by atoms with van der Waals surface area (Å²) < 4.78 is 24.1. The molecule has 1 aromatic carbocycles. The maximum atomic E-state index is 13.5. The number of nitrogens with zero attached hydrogens (tertiary/aromatic N) is 3. The number of benzene rings is 1. The number of para-hydroxylation sites is 1. The van der Waals surface area contributed by atoms with Gasteiger partial charge < -0.3 is 14.2 Å². The molecule has 1 fully saturated rings. The van der Waals surface area contributed by atoms with E-state index in [1.807, 2.05) is 0 Å². The van der Waals surface area contributed by atoms with Crippen molar-refractivity contribution < 1.29 is 18.4 Å². The number of halogens is 1. The van der Waals surface area contributed by atoms with Crippen molar-refractivity contribution in [3.05, 3.63) is 41.8 Å². The van der Waals surface area contributed by atoms with Gasteiger partial charge in [-0.3, -0.25) is 4.79 Å². The van der Waals surface area contributed by atoms with E-state index in [0.717, 1.165) is 19.3 Å². The minimum Gasteiger partial charge on any atom is -0.481 e. The van der Waals surface area contributed by atoms with Crippen molar-refractivity contribution in [2.75, 3.05) is 13.2 Å². The van der Waals surface area contributed by atoms with Gasteiger partial charge in [0, 0.05) is 6.54 Å². The molecule has 1 aliphatic heterocycles. The van der Waals surface area contributed by atoms with Gasteiger partial charge in [0.25, 0.3) is 5.91 Å². The predicted octanol–water partition coefficient (Wildman–Crippen LogP) is 2.65. The van der Waals surface area contributed by atoms with Crippen molar-refractivity contribution in [1.29, 1.82) is 0 Å². The van der Waals surface area contributed by atoms with Gasteiger partial charge in [0.15, 0.2) is 24.0 Å². The number of amides is 1. The SMILES string of the molecule is Cc1noc(C2CCCCN2C(=O)COc2ccccc2F)n1. The number of likely N-dealkylation sites (tertiary alicyclic amines) is 1. The molecule has 0 bridgehead atoms. The maximum absolute atomic E-state index is 13.5. The zero-order valence-corrected chi connectivity index (χ0v) is 12.9. The third kappa shape index (κ3) is 3.49. The van der Waals surface area contributed by atoms with Crippen LogP contribution in [-0.4, -0.2) is 34.1 Å². The fourth-order valence-electron chi connectivity index (χ4n) is 2.72. The van der Waals surface area contributed by atoms with Crippen molar-refractivity contribution in [3.8, 4) is 5.75 Å². The van der Waals surface area contributed by atoms with Gasteiger partial charge in [-0.15, -0.1) is 0 Å². The largest absolute Gasteiger partial charge is 0.481 e. The van der Waals surface area contributed by atoms with Crippen LogP contribution in [0.3, 0.4) is 0 Å². The predicted molar refractivity (Wildman–Crippen MR) is 79.2 cm³/mol. The van der Waals surface area contributed by atoms with Crippen molar-refractivity contribution in [2.24, 2.45) is 0 Å². The van der Waals surface area contributed by atoms with Gasteiger partial charge in [-0.25, -0.2) is 4.39 Å². The first-order valence-electron chi connectivity index (χ1n) is 7.62. The zero-order valence-electron chi connectivity index (χ0n) is 12.9. The Morgan fingerprint density at radius 1 is 1.43 bits per heavy atom. The number of aryl methyl sites for hydroxylation is 1. The average molecular weight is 319 g/mol. The molecule has 0 radical (unpaired) electrons. The second-order valence-electron chi connectivity index (χ2n) is 5.50. The summed E-state index contributed by atoms with van der Waals surface area (Å²) in [5.74, 6) is 0.363. The van der Waals surface area contributed by atoms with E-state index in [0.29, 0.717) is 18.3 Å². The molecule has 1 amide bonds. The molecule has 23 heavy (non-hydrogen) atoms. The van der Waals surface area contributed by atoms with Crippen LogP contribution in [0.25, 0.3) is 0 Å². The third-order valence-electron chi connectivity index (χ3n) is 3.84. The van der Waals surface area contributed by atoms with Crippen LogP contribution in [0.15, 0.2) is 28.8 Å². The standard InChI is InChI=1S/C16H18FN3O3/c1-11-18-16(23-19-11)13-7-4-5-9-20(13)15(21)10-22-14-8-3-2-6-12(14)17/h2-3,6,8,13H,4-5,7,9-10H2,1H3. The molecule has 7 heteroatoms. The van der Waals surface area contributed by atoms with E-state index in [1.54, 1.807) is 24.0 Å². The van der Waals surface area contributed by atoms with E-state index in [1.165, 1.54) is 12.1 Å². The van der Waals surface area contributed by atoms with Crippen molar-refractivity contribution in [1.82, 2.24) is 15.0 Å². The quantitative estimate of drug-likeness (QED) is 0.866. The van der Waals surface area contributed by atoms with Crippen LogP contribution >= 0.6 is 0 Å². The first-order valence-corrected chi connectivity index (χ1v) is 7.62. The molecule has 1 unspecified atom stereocenters. The van der Waals surface area contributed by atoms with Crippen molar-refractivity contribution >= 4 is 5.91 Å². The lowest BCUT2D eigenvalue weighted by Crippen LogP contribution is -2.41. The molecule has 1 aromatic heterocycles. The molecule has 3 rings (SSSR count). The van der Waals surface area contributed by atoms with E-state index in [2.05, 4.69) is 10.1 Å². The second kappa shape index (κ2) is 6.76. The molecule has 1 aliphatic rings. The van der Waals surface area contributed by atoms with E-state index in [9.17, 15) is 9.18 Å². The lowest BCUT2D eigenvalue weighted by Gasteiger charge is -2.33. The van der Waals surface area contributed by atoms with E-state index in [-0.39, 0.29) is 24.3 Å². The topological polar surface area (TPSA) is 68.5 Å².